The van der Waals surface area contributed by atoms with Crippen molar-refractivity contribution in [2.24, 2.45) is 0 Å². The summed E-state index contributed by atoms with van der Waals surface area (Å²) in [5, 5.41) is 12.5. The van der Waals surface area contributed by atoms with Crippen molar-refractivity contribution in [3.8, 4) is 11.5 Å². The number of ether oxygens (including phenoxy) is 2. The van der Waals surface area contributed by atoms with Crippen LogP contribution < -0.4 is 10.1 Å². The zero-order chi connectivity index (χ0) is 18.6. The maximum Gasteiger partial charge on any atom is 0.348 e. The second-order valence-electron chi connectivity index (χ2n) is 5.56. The molecule has 0 unspecified atom stereocenters. The summed E-state index contributed by atoms with van der Waals surface area (Å²) in [6, 6.07) is 3.79. The van der Waals surface area contributed by atoms with E-state index in [2.05, 4.69) is 20.0 Å². The maximum atomic E-state index is 12.3. The van der Waals surface area contributed by atoms with Crippen LogP contribution in [0.5, 0.6) is 11.5 Å². The number of hydrogen-bond acceptors (Lipinski definition) is 6. The standard InChI is InChI=1S/C16H17F2N3O4/c1-9-7-20-13(8-19-9)21-14(23)10-4-5-12(11(22)6-10)24-16(2,3)25-15(17)18/h4-8,15,22H,1-3H3,(H,20,21,23). The van der Waals surface area contributed by atoms with Crippen LogP contribution in [0.3, 0.4) is 0 Å². The predicted molar refractivity (Wildman–Crippen MR) is 84.6 cm³/mol. The topological polar surface area (TPSA) is 93.6 Å². The van der Waals surface area contributed by atoms with Gasteiger partial charge in [-0.15, -0.1) is 0 Å². The number of hydrogen-bond donors (Lipinski definition) is 2. The van der Waals surface area contributed by atoms with E-state index in [4.69, 9.17) is 4.74 Å². The van der Waals surface area contributed by atoms with Crippen LogP contribution >= 0.6 is 0 Å². The van der Waals surface area contributed by atoms with Gasteiger partial charge in [-0.1, -0.05) is 0 Å². The lowest BCUT2D eigenvalue weighted by Crippen LogP contribution is -2.33. The minimum atomic E-state index is -3.03. The molecule has 0 aliphatic heterocycles. The second kappa shape index (κ2) is 7.39. The van der Waals surface area contributed by atoms with Gasteiger partial charge >= 0.3 is 6.61 Å². The molecular formula is C16H17F2N3O4. The molecule has 7 nitrogen and oxygen atoms in total. The van der Waals surface area contributed by atoms with E-state index >= 15 is 0 Å². The molecule has 0 aliphatic carbocycles. The van der Waals surface area contributed by atoms with E-state index in [0.29, 0.717) is 5.69 Å². The number of amides is 1. The molecule has 25 heavy (non-hydrogen) atoms. The summed E-state index contributed by atoms with van der Waals surface area (Å²) in [6.07, 6.45) is 2.89. The number of carbonyl (C=O) groups is 1. The number of phenolic OH excluding ortho intramolecular Hbond substituents is 1. The molecular weight excluding hydrogens is 336 g/mol. The predicted octanol–water partition coefficient (Wildman–Crippen LogP) is 3.10. The molecule has 2 aromatic rings. The number of aromatic nitrogens is 2. The van der Waals surface area contributed by atoms with Crippen LogP contribution in [-0.4, -0.2) is 33.4 Å². The number of nitrogens with one attached hydrogen (secondary N) is 1. The Hall–Kier alpha value is -2.81. The molecule has 0 radical (unpaired) electrons. The van der Waals surface area contributed by atoms with Crippen molar-refractivity contribution in [3.63, 3.8) is 0 Å². The first-order valence-electron chi connectivity index (χ1n) is 7.24. The van der Waals surface area contributed by atoms with Gasteiger partial charge in [0.15, 0.2) is 17.3 Å². The number of benzene rings is 1. The lowest BCUT2D eigenvalue weighted by molar-refractivity contribution is -0.264. The lowest BCUT2D eigenvalue weighted by atomic mass is 10.2. The Labute approximate surface area is 142 Å². The van der Waals surface area contributed by atoms with Gasteiger partial charge < -0.3 is 15.2 Å². The summed E-state index contributed by atoms with van der Waals surface area (Å²) in [5.74, 6) is -2.43. The van der Waals surface area contributed by atoms with Crippen LogP contribution in [0.2, 0.25) is 0 Å². The van der Waals surface area contributed by atoms with Crippen molar-refractivity contribution in [2.75, 3.05) is 5.32 Å². The number of halogens is 2. The summed E-state index contributed by atoms with van der Waals surface area (Å²) < 4.78 is 34.1. The van der Waals surface area contributed by atoms with Gasteiger partial charge in [0.25, 0.3) is 5.91 Å². The fourth-order valence-corrected chi connectivity index (χ4v) is 1.89. The number of phenols is 1. The zero-order valence-electron chi connectivity index (χ0n) is 13.8. The second-order valence-corrected chi connectivity index (χ2v) is 5.56. The number of alkyl halides is 2. The third-order valence-corrected chi connectivity index (χ3v) is 2.97. The molecule has 0 fully saturated rings. The number of rotatable bonds is 6. The maximum absolute atomic E-state index is 12.3. The Balaban J connectivity index is 2.10. The van der Waals surface area contributed by atoms with E-state index in [-0.39, 0.29) is 17.1 Å². The molecule has 1 heterocycles. The van der Waals surface area contributed by atoms with Gasteiger partial charge in [0.1, 0.15) is 0 Å². The lowest BCUT2D eigenvalue weighted by Gasteiger charge is -2.26. The van der Waals surface area contributed by atoms with Gasteiger partial charge in [-0.05, 0) is 25.1 Å². The number of anilines is 1. The molecule has 0 spiro atoms. The van der Waals surface area contributed by atoms with Gasteiger partial charge in [0.2, 0.25) is 5.79 Å². The van der Waals surface area contributed by atoms with E-state index in [9.17, 15) is 18.7 Å². The average Bonchev–Trinajstić information content (AvgIpc) is 2.50. The fraction of sp³-hybridized carbons (Fsp3) is 0.312. The van der Waals surface area contributed by atoms with Gasteiger partial charge in [-0.25, -0.2) is 4.98 Å². The smallest absolute Gasteiger partial charge is 0.348 e. The van der Waals surface area contributed by atoms with E-state index in [1.807, 2.05) is 0 Å². The van der Waals surface area contributed by atoms with E-state index < -0.39 is 24.1 Å². The number of aryl methyl sites for hydroxylation is 1. The summed E-state index contributed by atoms with van der Waals surface area (Å²) in [7, 11) is 0. The summed E-state index contributed by atoms with van der Waals surface area (Å²) in [6.45, 7) is 1.27. The molecule has 0 saturated heterocycles. The van der Waals surface area contributed by atoms with Crippen LogP contribution in [0.25, 0.3) is 0 Å². The summed E-state index contributed by atoms with van der Waals surface area (Å²) in [5.41, 5.74) is 0.825. The highest BCUT2D eigenvalue weighted by Gasteiger charge is 2.26. The van der Waals surface area contributed by atoms with Gasteiger partial charge in [-0.2, -0.15) is 8.78 Å². The van der Waals surface area contributed by atoms with Crippen molar-refractivity contribution in [1.29, 1.82) is 0 Å². The first-order valence-corrected chi connectivity index (χ1v) is 7.24. The third-order valence-electron chi connectivity index (χ3n) is 2.97. The Kier molecular flexibility index (Phi) is 5.48. The van der Waals surface area contributed by atoms with Crippen LogP contribution in [0.15, 0.2) is 30.6 Å². The molecule has 0 atom stereocenters. The molecule has 0 saturated carbocycles. The van der Waals surface area contributed by atoms with Crippen molar-refractivity contribution in [2.45, 2.75) is 33.2 Å². The minimum Gasteiger partial charge on any atom is -0.504 e. The summed E-state index contributed by atoms with van der Waals surface area (Å²) >= 11 is 0. The number of aromatic hydroxyl groups is 1. The molecule has 2 rings (SSSR count). The molecule has 1 amide bonds. The van der Waals surface area contributed by atoms with E-state index in [0.717, 1.165) is 6.07 Å². The van der Waals surface area contributed by atoms with Crippen LogP contribution in [0.4, 0.5) is 14.6 Å². The highest BCUT2D eigenvalue weighted by Crippen LogP contribution is 2.31. The molecule has 1 aromatic heterocycles. The Morgan fingerprint density at radius 1 is 1.28 bits per heavy atom. The Morgan fingerprint density at radius 3 is 2.56 bits per heavy atom. The molecule has 0 bridgehead atoms. The van der Waals surface area contributed by atoms with Gasteiger partial charge in [0.05, 0.1) is 18.1 Å². The van der Waals surface area contributed by atoms with Crippen LogP contribution in [-0.2, 0) is 4.74 Å². The average molecular weight is 353 g/mol. The first kappa shape index (κ1) is 18.5. The van der Waals surface area contributed by atoms with E-state index in [1.54, 1.807) is 6.92 Å². The quantitative estimate of drug-likeness (QED) is 0.775. The summed E-state index contributed by atoms with van der Waals surface area (Å²) in [4.78, 5) is 20.1. The monoisotopic (exact) mass is 353 g/mol. The van der Waals surface area contributed by atoms with Crippen LogP contribution in [0, 0.1) is 6.92 Å². The van der Waals surface area contributed by atoms with Crippen molar-refractivity contribution >= 4 is 11.7 Å². The highest BCUT2D eigenvalue weighted by molar-refractivity contribution is 6.04. The zero-order valence-corrected chi connectivity index (χ0v) is 13.8. The van der Waals surface area contributed by atoms with Gasteiger partial charge in [0, 0.05) is 19.4 Å². The Bertz CT molecular complexity index is 752. The normalized spacial score (nSPS) is 11.4. The van der Waals surface area contributed by atoms with Gasteiger partial charge in [-0.3, -0.25) is 14.5 Å². The molecule has 2 N–H and O–H groups in total. The molecule has 0 aliphatic rings. The van der Waals surface area contributed by atoms with Crippen molar-refractivity contribution < 1.29 is 28.2 Å². The Morgan fingerprint density at radius 2 is 2.00 bits per heavy atom. The van der Waals surface area contributed by atoms with Crippen LogP contribution in [0.1, 0.15) is 29.9 Å². The number of nitrogens with zero attached hydrogens (tertiary/aromatic N) is 2. The van der Waals surface area contributed by atoms with Crippen molar-refractivity contribution in [3.05, 3.63) is 41.9 Å². The highest BCUT2D eigenvalue weighted by atomic mass is 19.3. The van der Waals surface area contributed by atoms with E-state index in [1.165, 1.54) is 38.4 Å². The minimum absolute atomic E-state index is 0.0997. The largest absolute Gasteiger partial charge is 0.504 e. The molecule has 1 aromatic carbocycles. The first-order chi connectivity index (χ1) is 11.7. The molecule has 134 valence electrons. The fourth-order valence-electron chi connectivity index (χ4n) is 1.89. The molecule has 9 heteroatoms. The third kappa shape index (κ3) is 5.35. The van der Waals surface area contributed by atoms with Crippen molar-refractivity contribution in [1.82, 2.24) is 9.97 Å². The SMILES string of the molecule is Cc1cnc(NC(=O)c2ccc(OC(C)(C)OC(F)F)c(O)c2)cn1. The number of carbonyl (C=O) groups excluding carboxylic acids is 1.